The molecule has 1 aromatic rings. The Balaban J connectivity index is 1.50. The summed E-state index contributed by atoms with van der Waals surface area (Å²) >= 11 is 1.84. The van der Waals surface area contributed by atoms with Crippen LogP contribution in [0.2, 0.25) is 0 Å². The third-order valence-corrected chi connectivity index (χ3v) is 6.34. The SMILES string of the molecule is c1cc(CN2CC3(CCCCC3)NCC2C2CC2)cs1. The molecular formula is C17H26N2S. The number of rotatable bonds is 3. The number of nitrogens with zero attached hydrogens (tertiary/aromatic N) is 1. The van der Waals surface area contributed by atoms with Crippen molar-refractivity contribution in [1.29, 1.82) is 0 Å². The topological polar surface area (TPSA) is 15.3 Å². The molecular weight excluding hydrogens is 264 g/mol. The van der Waals surface area contributed by atoms with Crippen molar-refractivity contribution in [3.63, 3.8) is 0 Å². The summed E-state index contributed by atoms with van der Waals surface area (Å²) < 4.78 is 0. The molecule has 1 aliphatic heterocycles. The fourth-order valence-corrected chi connectivity index (χ4v) is 4.97. The Morgan fingerprint density at radius 1 is 1.25 bits per heavy atom. The zero-order chi connectivity index (χ0) is 13.4. The molecule has 0 amide bonds. The minimum Gasteiger partial charge on any atom is -0.308 e. The first kappa shape index (κ1) is 13.3. The van der Waals surface area contributed by atoms with Crippen molar-refractivity contribution in [3.05, 3.63) is 22.4 Å². The second-order valence-electron chi connectivity index (χ2n) is 7.16. The summed E-state index contributed by atoms with van der Waals surface area (Å²) in [5.41, 5.74) is 1.97. The zero-order valence-electron chi connectivity index (χ0n) is 12.3. The number of hydrogen-bond acceptors (Lipinski definition) is 3. The predicted octanol–water partition coefficient (Wildman–Crippen LogP) is 3.63. The lowest BCUT2D eigenvalue weighted by molar-refractivity contribution is 0.0409. The molecule has 2 aliphatic carbocycles. The van der Waals surface area contributed by atoms with Gasteiger partial charge in [0.25, 0.3) is 0 Å². The maximum atomic E-state index is 3.98. The molecule has 1 unspecified atom stereocenters. The molecule has 0 radical (unpaired) electrons. The first-order valence-electron chi connectivity index (χ1n) is 8.35. The summed E-state index contributed by atoms with van der Waals surface area (Å²) in [5.74, 6) is 0.974. The Morgan fingerprint density at radius 2 is 2.10 bits per heavy atom. The fourth-order valence-electron chi connectivity index (χ4n) is 4.31. The van der Waals surface area contributed by atoms with Crippen molar-refractivity contribution < 1.29 is 0 Å². The van der Waals surface area contributed by atoms with Crippen LogP contribution in [0.5, 0.6) is 0 Å². The van der Waals surface area contributed by atoms with Gasteiger partial charge in [-0.15, -0.1) is 0 Å². The lowest BCUT2D eigenvalue weighted by Gasteiger charge is -2.50. The van der Waals surface area contributed by atoms with E-state index in [1.54, 1.807) is 0 Å². The molecule has 2 saturated carbocycles. The van der Waals surface area contributed by atoms with E-state index in [2.05, 4.69) is 27.0 Å². The molecule has 2 heterocycles. The lowest BCUT2D eigenvalue weighted by Crippen LogP contribution is -2.64. The van der Waals surface area contributed by atoms with Gasteiger partial charge in [-0.05, 0) is 54.0 Å². The summed E-state index contributed by atoms with van der Waals surface area (Å²) in [6.07, 6.45) is 9.99. The molecule has 0 bridgehead atoms. The van der Waals surface area contributed by atoms with Gasteiger partial charge in [-0.25, -0.2) is 0 Å². The van der Waals surface area contributed by atoms with Crippen LogP contribution in [0.1, 0.15) is 50.5 Å². The quantitative estimate of drug-likeness (QED) is 0.914. The maximum Gasteiger partial charge on any atom is 0.0309 e. The van der Waals surface area contributed by atoms with Crippen LogP contribution in [0.4, 0.5) is 0 Å². The summed E-state index contributed by atoms with van der Waals surface area (Å²) in [7, 11) is 0. The van der Waals surface area contributed by atoms with E-state index in [4.69, 9.17) is 0 Å². The molecule has 20 heavy (non-hydrogen) atoms. The Labute approximate surface area is 126 Å². The van der Waals surface area contributed by atoms with Gasteiger partial charge in [0.1, 0.15) is 0 Å². The number of nitrogens with one attached hydrogen (secondary N) is 1. The smallest absolute Gasteiger partial charge is 0.0309 e. The van der Waals surface area contributed by atoms with Crippen molar-refractivity contribution >= 4 is 11.3 Å². The highest BCUT2D eigenvalue weighted by atomic mass is 32.1. The van der Waals surface area contributed by atoms with E-state index in [1.807, 2.05) is 11.3 Å². The third kappa shape index (κ3) is 2.68. The van der Waals surface area contributed by atoms with E-state index in [1.165, 1.54) is 70.1 Å². The predicted molar refractivity (Wildman–Crippen MR) is 85.1 cm³/mol. The molecule has 1 atom stereocenters. The van der Waals surface area contributed by atoms with Gasteiger partial charge in [0, 0.05) is 31.2 Å². The van der Waals surface area contributed by atoms with Crippen molar-refractivity contribution in [2.75, 3.05) is 13.1 Å². The summed E-state index contributed by atoms with van der Waals surface area (Å²) in [4.78, 5) is 2.82. The molecule has 1 aromatic heterocycles. The van der Waals surface area contributed by atoms with E-state index < -0.39 is 0 Å². The second kappa shape index (κ2) is 5.43. The zero-order valence-corrected chi connectivity index (χ0v) is 13.1. The molecule has 1 spiro atoms. The Bertz CT molecular complexity index is 432. The fraction of sp³-hybridized carbons (Fsp3) is 0.765. The van der Waals surface area contributed by atoms with Crippen LogP contribution in [0.15, 0.2) is 16.8 Å². The first-order valence-corrected chi connectivity index (χ1v) is 9.29. The lowest BCUT2D eigenvalue weighted by atomic mass is 9.79. The van der Waals surface area contributed by atoms with Crippen LogP contribution < -0.4 is 5.32 Å². The minimum atomic E-state index is 0.444. The van der Waals surface area contributed by atoms with Crippen molar-refractivity contribution in [3.8, 4) is 0 Å². The summed E-state index contributed by atoms with van der Waals surface area (Å²) in [5, 5.41) is 8.53. The van der Waals surface area contributed by atoms with Crippen LogP contribution in [0.25, 0.3) is 0 Å². The summed E-state index contributed by atoms with van der Waals surface area (Å²) in [6, 6.07) is 3.10. The second-order valence-corrected chi connectivity index (χ2v) is 7.94. The van der Waals surface area contributed by atoms with E-state index in [0.29, 0.717) is 5.54 Å². The maximum absolute atomic E-state index is 3.98. The number of thiophene rings is 1. The average molecular weight is 290 g/mol. The van der Waals surface area contributed by atoms with Crippen molar-refractivity contribution in [1.82, 2.24) is 10.2 Å². The van der Waals surface area contributed by atoms with Gasteiger partial charge in [0.05, 0.1) is 0 Å². The van der Waals surface area contributed by atoms with Crippen LogP contribution in [0, 0.1) is 5.92 Å². The largest absolute Gasteiger partial charge is 0.308 e. The van der Waals surface area contributed by atoms with Crippen molar-refractivity contribution in [2.24, 2.45) is 5.92 Å². The Morgan fingerprint density at radius 3 is 2.80 bits per heavy atom. The van der Waals surface area contributed by atoms with Gasteiger partial charge >= 0.3 is 0 Å². The highest BCUT2D eigenvalue weighted by molar-refractivity contribution is 7.07. The van der Waals surface area contributed by atoms with Crippen molar-refractivity contribution in [2.45, 2.75) is 63.1 Å². The van der Waals surface area contributed by atoms with Crippen LogP contribution in [0.3, 0.4) is 0 Å². The molecule has 2 nitrogen and oxygen atoms in total. The normalized spacial score (nSPS) is 30.7. The monoisotopic (exact) mass is 290 g/mol. The molecule has 3 heteroatoms. The molecule has 4 rings (SSSR count). The van der Waals surface area contributed by atoms with Gasteiger partial charge < -0.3 is 5.32 Å². The Kier molecular flexibility index (Phi) is 3.61. The number of hydrogen-bond donors (Lipinski definition) is 1. The van der Waals surface area contributed by atoms with Gasteiger partial charge in [0.15, 0.2) is 0 Å². The van der Waals surface area contributed by atoms with Gasteiger partial charge in [-0.2, -0.15) is 11.3 Å². The molecule has 3 fully saturated rings. The molecule has 3 aliphatic rings. The van der Waals surface area contributed by atoms with E-state index in [-0.39, 0.29) is 0 Å². The van der Waals surface area contributed by atoms with Crippen LogP contribution in [-0.2, 0) is 6.54 Å². The van der Waals surface area contributed by atoms with E-state index in [9.17, 15) is 0 Å². The van der Waals surface area contributed by atoms with E-state index in [0.717, 1.165) is 12.0 Å². The van der Waals surface area contributed by atoms with E-state index >= 15 is 0 Å². The first-order chi connectivity index (χ1) is 9.85. The van der Waals surface area contributed by atoms with Crippen LogP contribution >= 0.6 is 11.3 Å². The van der Waals surface area contributed by atoms with Gasteiger partial charge in [0.2, 0.25) is 0 Å². The molecule has 0 aromatic carbocycles. The molecule has 1 N–H and O–H groups in total. The highest BCUT2D eigenvalue weighted by Crippen LogP contribution is 2.40. The molecule has 1 saturated heterocycles. The number of piperazine rings is 1. The third-order valence-electron chi connectivity index (χ3n) is 5.60. The van der Waals surface area contributed by atoms with Crippen LogP contribution in [-0.4, -0.2) is 29.6 Å². The minimum absolute atomic E-state index is 0.444. The Hall–Kier alpha value is -0.380. The summed E-state index contributed by atoms with van der Waals surface area (Å²) in [6.45, 7) is 3.69. The highest BCUT2D eigenvalue weighted by Gasteiger charge is 2.44. The average Bonchev–Trinajstić information content (AvgIpc) is 3.17. The molecule has 110 valence electrons. The van der Waals surface area contributed by atoms with Gasteiger partial charge in [-0.1, -0.05) is 19.3 Å². The van der Waals surface area contributed by atoms with Gasteiger partial charge in [-0.3, -0.25) is 4.90 Å². The standard InChI is InChI=1S/C17H26N2S/c1-2-7-17(8-3-1)13-19(11-14-6-9-20-12-14)16(10-18-17)15-4-5-15/h6,9,12,15-16,18H,1-5,7-8,10-11,13H2.